The molecule has 1 aromatic heterocycles. The second kappa shape index (κ2) is 6.00. The van der Waals surface area contributed by atoms with Crippen molar-refractivity contribution in [1.82, 2.24) is 10.2 Å². The lowest BCUT2D eigenvalue weighted by molar-refractivity contribution is 0.955. The smallest absolute Gasteiger partial charge is 0.127 e. The van der Waals surface area contributed by atoms with Gasteiger partial charge in [-0.05, 0) is 17.7 Å². The fourth-order valence-corrected chi connectivity index (χ4v) is 3.65. The Morgan fingerprint density at radius 1 is 0.950 bits per heavy atom. The Balaban J connectivity index is 1.91. The van der Waals surface area contributed by atoms with Crippen molar-refractivity contribution in [1.29, 1.82) is 0 Å². The van der Waals surface area contributed by atoms with Crippen molar-refractivity contribution in [2.75, 3.05) is 0 Å². The number of halogens is 2. The van der Waals surface area contributed by atoms with Crippen molar-refractivity contribution in [2.45, 2.75) is 10.8 Å². The van der Waals surface area contributed by atoms with Crippen LogP contribution in [0.4, 0.5) is 0 Å². The van der Waals surface area contributed by atoms with Crippen molar-refractivity contribution in [3.05, 3.63) is 64.3 Å². The van der Waals surface area contributed by atoms with Crippen molar-refractivity contribution in [3.63, 3.8) is 0 Å². The average molecular weight is 321 g/mol. The SMILES string of the molecule is Clc1cccc(Cl)c1CSc1nncc2ccccc12. The highest BCUT2D eigenvalue weighted by Crippen LogP contribution is 2.33. The molecule has 20 heavy (non-hydrogen) atoms. The van der Waals surface area contributed by atoms with Crippen molar-refractivity contribution in [3.8, 4) is 0 Å². The molecule has 0 bridgehead atoms. The predicted octanol–water partition coefficient (Wildman–Crippen LogP) is 5.23. The van der Waals surface area contributed by atoms with E-state index >= 15 is 0 Å². The van der Waals surface area contributed by atoms with Gasteiger partial charge < -0.3 is 0 Å². The molecule has 0 aliphatic heterocycles. The standard InChI is InChI=1S/C15H10Cl2N2S/c16-13-6-3-7-14(17)12(13)9-20-15-11-5-2-1-4-10(11)8-18-19-15/h1-8H,9H2. The first-order valence-corrected chi connectivity index (χ1v) is 7.76. The Morgan fingerprint density at radius 3 is 2.50 bits per heavy atom. The molecule has 0 spiro atoms. The van der Waals surface area contributed by atoms with Gasteiger partial charge in [0.05, 0.1) is 6.20 Å². The summed E-state index contributed by atoms with van der Waals surface area (Å²) in [6.07, 6.45) is 1.77. The highest BCUT2D eigenvalue weighted by Gasteiger charge is 2.09. The van der Waals surface area contributed by atoms with E-state index in [1.165, 1.54) is 0 Å². The maximum absolute atomic E-state index is 6.18. The maximum atomic E-state index is 6.18. The van der Waals surface area contributed by atoms with Crippen LogP contribution in [0.1, 0.15) is 5.56 Å². The first-order valence-electron chi connectivity index (χ1n) is 6.02. The van der Waals surface area contributed by atoms with Gasteiger partial charge in [0.25, 0.3) is 0 Å². The summed E-state index contributed by atoms with van der Waals surface area (Å²) >= 11 is 13.9. The minimum atomic E-state index is 0.668. The van der Waals surface area contributed by atoms with Gasteiger partial charge in [0.2, 0.25) is 0 Å². The Bertz CT molecular complexity index is 736. The van der Waals surface area contributed by atoms with Crippen LogP contribution < -0.4 is 0 Å². The van der Waals surface area contributed by atoms with Crippen LogP contribution in [0, 0.1) is 0 Å². The van der Waals surface area contributed by atoms with E-state index in [0.29, 0.717) is 15.8 Å². The van der Waals surface area contributed by atoms with Gasteiger partial charge >= 0.3 is 0 Å². The molecule has 0 amide bonds. The third kappa shape index (κ3) is 2.75. The van der Waals surface area contributed by atoms with E-state index in [0.717, 1.165) is 21.4 Å². The van der Waals surface area contributed by atoms with Crippen molar-refractivity contribution >= 4 is 45.7 Å². The van der Waals surface area contributed by atoms with E-state index in [2.05, 4.69) is 10.2 Å². The summed E-state index contributed by atoms with van der Waals surface area (Å²) in [5.41, 5.74) is 0.926. The number of hydrogen-bond acceptors (Lipinski definition) is 3. The molecule has 0 N–H and O–H groups in total. The fraction of sp³-hybridized carbons (Fsp3) is 0.0667. The van der Waals surface area contributed by atoms with Crippen LogP contribution in [-0.2, 0) is 5.75 Å². The Labute approximate surface area is 131 Å². The van der Waals surface area contributed by atoms with Crippen LogP contribution in [0.15, 0.2) is 53.7 Å². The largest absolute Gasteiger partial charge is 0.157 e. The number of fused-ring (bicyclic) bond motifs is 1. The van der Waals surface area contributed by atoms with Crippen molar-refractivity contribution < 1.29 is 0 Å². The summed E-state index contributed by atoms with van der Waals surface area (Å²) in [7, 11) is 0. The maximum Gasteiger partial charge on any atom is 0.127 e. The van der Waals surface area contributed by atoms with E-state index in [1.54, 1.807) is 18.0 Å². The number of hydrogen-bond donors (Lipinski definition) is 0. The molecule has 100 valence electrons. The van der Waals surface area contributed by atoms with Crippen molar-refractivity contribution in [2.24, 2.45) is 0 Å². The second-order valence-corrected chi connectivity index (χ2v) is 6.00. The molecule has 0 fully saturated rings. The van der Waals surface area contributed by atoms with Crippen LogP contribution >= 0.6 is 35.0 Å². The summed E-state index contributed by atoms with van der Waals surface area (Å²) in [4.78, 5) is 0. The quantitative estimate of drug-likeness (QED) is 0.618. The summed E-state index contributed by atoms with van der Waals surface area (Å²) in [6.45, 7) is 0. The molecular formula is C15H10Cl2N2S. The normalized spacial score (nSPS) is 10.9. The Kier molecular flexibility index (Phi) is 4.10. The lowest BCUT2D eigenvalue weighted by Crippen LogP contribution is -1.90. The van der Waals surface area contributed by atoms with Gasteiger partial charge in [-0.25, -0.2) is 0 Å². The van der Waals surface area contributed by atoms with Gasteiger partial charge in [-0.15, -0.1) is 5.10 Å². The van der Waals surface area contributed by atoms with E-state index in [9.17, 15) is 0 Å². The number of aromatic nitrogens is 2. The lowest BCUT2D eigenvalue weighted by Gasteiger charge is -2.07. The Hall–Kier alpha value is -1.29. The second-order valence-electron chi connectivity index (χ2n) is 4.23. The summed E-state index contributed by atoms with van der Waals surface area (Å²) in [5, 5.41) is 12.7. The molecule has 0 unspecified atom stereocenters. The van der Waals surface area contributed by atoms with Crippen LogP contribution in [0.25, 0.3) is 10.8 Å². The molecule has 0 aliphatic carbocycles. The molecule has 0 saturated heterocycles. The summed E-state index contributed by atoms with van der Waals surface area (Å²) in [5.74, 6) is 0.668. The van der Waals surface area contributed by atoms with E-state index < -0.39 is 0 Å². The highest BCUT2D eigenvalue weighted by molar-refractivity contribution is 7.98. The summed E-state index contributed by atoms with van der Waals surface area (Å²) < 4.78 is 0. The van der Waals surface area contributed by atoms with Crippen LogP contribution in [-0.4, -0.2) is 10.2 Å². The molecule has 0 saturated carbocycles. The van der Waals surface area contributed by atoms with Crippen LogP contribution in [0.5, 0.6) is 0 Å². The van der Waals surface area contributed by atoms with Crippen LogP contribution in [0.3, 0.4) is 0 Å². The van der Waals surface area contributed by atoms with Gasteiger partial charge in [-0.1, -0.05) is 65.3 Å². The third-order valence-electron chi connectivity index (χ3n) is 2.95. The zero-order valence-corrected chi connectivity index (χ0v) is 12.7. The molecule has 0 radical (unpaired) electrons. The average Bonchev–Trinajstić information content (AvgIpc) is 2.47. The molecule has 3 rings (SSSR count). The number of nitrogens with zero attached hydrogens (tertiary/aromatic N) is 2. The highest BCUT2D eigenvalue weighted by atomic mass is 35.5. The fourth-order valence-electron chi connectivity index (χ4n) is 1.92. The number of benzene rings is 2. The van der Waals surface area contributed by atoms with Gasteiger partial charge in [0.15, 0.2) is 0 Å². The third-order valence-corrected chi connectivity index (χ3v) is 4.67. The topological polar surface area (TPSA) is 25.8 Å². The monoisotopic (exact) mass is 320 g/mol. The molecule has 2 aromatic carbocycles. The van der Waals surface area contributed by atoms with Crippen LogP contribution in [0.2, 0.25) is 10.0 Å². The minimum Gasteiger partial charge on any atom is -0.157 e. The first-order chi connectivity index (χ1) is 9.75. The number of thioether (sulfide) groups is 1. The molecule has 1 heterocycles. The van der Waals surface area contributed by atoms with Gasteiger partial charge in [0, 0.05) is 26.6 Å². The van der Waals surface area contributed by atoms with E-state index in [4.69, 9.17) is 23.2 Å². The minimum absolute atomic E-state index is 0.668. The first kappa shape index (κ1) is 13.7. The van der Waals surface area contributed by atoms with Gasteiger partial charge in [-0.3, -0.25) is 0 Å². The lowest BCUT2D eigenvalue weighted by atomic mass is 10.2. The Morgan fingerprint density at radius 2 is 1.70 bits per heavy atom. The summed E-state index contributed by atoms with van der Waals surface area (Å²) in [6, 6.07) is 13.6. The van der Waals surface area contributed by atoms with Gasteiger partial charge in [0.1, 0.15) is 5.03 Å². The number of rotatable bonds is 3. The molecule has 2 nitrogen and oxygen atoms in total. The molecule has 0 aliphatic rings. The van der Waals surface area contributed by atoms with Gasteiger partial charge in [-0.2, -0.15) is 5.10 Å². The predicted molar refractivity (Wildman–Crippen MR) is 85.6 cm³/mol. The molecule has 0 atom stereocenters. The van der Waals surface area contributed by atoms with E-state index in [-0.39, 0.29) is 0 Å². The molecular weight excluding hydrogens is 311 g/mol. The molecule has 5 heteroatoms. The zero-order valence-electron chi connectivity index (χ0n) is 10.4. The van der Waals surface area contributed by atoms with E-state index in [1.807, 2.05) is 42.5 Å². The molecule has 3 aromatic rings. The zero-order chi connectivity index (χ0) is 13.9.